The fourth-order valence-electron chi connectivity index (χ4n) is 0.839. The number of halogens is 3. The highest BCUT2D eigenvalue weighted by atomic mass is 35.5. The molecule has 8 heteroatoms. The molecule has 0 aliphatic carbocycles. The lowest BCUT2D eigenvalue weighted by molar-refractivity contribution is -0.386. The number of nitrogens with two attached hydrogens (primary N) is 1. The molecule has 0 atom stereocenters. The van der Waals surface area contributed by atoms with Gasteiger partial charge in [-0.3, -0.25) is 10.1 Å². The molecule has 0 fully saturated rings. The molecule has 76 valence electrons. The highest BCUT2D eigenvalue weighted by Gasteiger charge is 2.28. The maximum atomic E-state index is 12.2. The molecule has 0 aliphatic heterocycles. The standard InChI is InChI=1S/C6H4ClF2N3O2/c7-3-2(10)1-11-4(6(8)9)5(3)12(13)14/h1,6H,10H2. The van der Waals surface area contributed by atoms with Crippen molar-refractivity contribution >= 4 is 23.0 Å². The summed E-state index contributed by atoms with van der Waals surface area (Å²) in [7, 11) is 0. The van der Waals surface area contributed by atoms with Gasteiger partial charge in [-0.05, 0) is 0 Å². The van der Waals surface area contributed by atoms with E-state index in [4.69, 9.17) is 17.3 Å². The molecule has 0 saturated heterocycles. The van der Waals surface area contributed by atoms with E-state index in [9.17, 15) is 18.9 Å². The Kier molecular flexibility index (Phi) is 2.80. The molecule has 0 saturated carbocycles. The number of anilines is 1. The number of nitrogen functional groups attached to an aromatic ring is 1. The Balaban J connectivity index is 3.45. The number of nitro groups is 1. The summed E-state index contributed by atoms with van der Waals surface area (Å²) >= 11 is 5.40. The highest BCUT2D eigenvalue weighted by Crippen LogP contribution is 2.36. The van der Waals surface area contributed by atoms with E-state index in [0.29, 0.717) is 0 Å². The molecule has 14 heavy (non-hydrogen) atoms. The minimum atomic E-state index is -3.06. The molecule has 0 aliphatic rings. The van der Waals surface area contributed by atoms with Crippen molar-refractivity contribution in [2.24, 2.45) is 0 Å². The van der Waals surface area contributed by atoms with Crippen LogP contribution in [-0.4, -0.2) is 9.91 Å². The minimum absolute atomic E-state index is 0.206. The van der Waals surface area contributed by atoms with Gasteiger partial charge < -0.3 is 5.73 Å². The molecule has 1 aromatic heterocycles. The van der Waals surface area contributed by atoms with Crippen molar-refractivity contribution < 1.29 is 13.7 Å². The van der Waals surface area contributed by atoms with Gasteiger partial charge in [0.05, 0.1) is 16.8 Å². The van der Waals surface area contributed by atoms with Gasteiger partial charge in [0.25, 0.3) is 6.43 Å². The van der Waals surface area contributed by atoms with E-state index in [2.05, 4.69) is 4.98 Å². The fourth-order valence-corrected chi connectivity index (χ4v) is 1.05. The molecule has 1 rings (SSSR count). The zero-order valence-electron chi connectivity index (χ0n) is 6.58. The summed E-state index contributed by atoms with van der Waals surface area (Å²) in [5.41, 5.74) is 3.06. The van der Waals surface area contributed by atoms with E-state index >= 15 is 0 Å². The van der Waals surface area contributed by atoms with Gasteiger partial charge in [0.1, 0.15) is 5.02 Å². The molecule has 0 bridgehead atoms. The molecule has 0 aromatic carbocycles. The summed E-state index contributed by atoms with van der Waals surface area (Å²) in [6, 6.07) is 0. The van der Waals surface area contributed by atoms with Gasteiger partial charge in [-0.1, -0.05) is 11.6 Å². The topological polar surface area (TPSA) is 82.0 Å². The molecular formula is C6H4ClF2N3O2. The molecule has 2 N–H and O–H groups in total. The normalized spacial score (nSPS) is 10.6. The van der Waals surface area contributed by atoms with Gasteiger partial charge in [-0.15, -0.1) is 0 Å². The average Bonchev–Trinajstić information content (AvgIpc) is 2.08. The third kappa shape index (κ3) is 1.72. The van der Waals surface area contributed by atoms with Crippen LogP contribution >= 0.6 is 11.6 Å². The summed E-state index contributed by atoms with van der Waals surface area (Å²) < 4.78 is 24.5. The Morgan fingerprint density at radius 2 is 2.21 bits per heavy atom. The van der Waals surface area contributed by atoms with Crippen molar-refractivity contribution in [2.75, 3.05) is 5.73 Å². The minimum Gasteiger partial charge on any atom is -0.396 e. The first kappa shape index (κ1) is 10.6. The molecule has 0 unspecified atom stereocenters. The first-order chi connectivity index (χ1) is 6.45. The molecule has 0 amide bonds. The Morgan fingerprint density at radius 3 is 2.64 bits per heavy atom. The summed E-state index contributed by atoms with van der Waals surface area (Å²) in [6.45, 7) is 0. The average molecular weight is 224 g/mol. The predicted octanol–water partition coefficient (Wildman–Crippen LogP) is 2.16. The number of alkyl halides is 2. The van der Waals surface area contributed by atoms with Crippen LogP contribution in [0, 0.1) is 10.1 Å². The van der Waals surface area contributed by atoms with Gasteiger partial charge in [0.2, 0.25) is 0 Å². The quantitative estimate of drug-likeness (QED) is 0.615. The number of nitrogens with zero attached hydrogens (tertiary/aromatic N) is 2. The van der Waals surface area contributed by atoms with E-state index in [0.717, 1.165) is 6.20 Å². The van der Waals surface area contributed by atoms with Crippen LogP contribution in [0.15, 0.2) is 6.20 Å². The third-order valence-corrected chi connectivity index (χ3v) is 1.83. The van der Waals surface area contributed by atoms with Crippen LogP contribution in [0.25, 0.3) is 0 Å². The molecule has 1 heterocycles. The summed E-state index contributed by atoms with van der Waals surface area (Å²) in [5, 5.41) is 9.88. The number of hydrogen-bond donors (Lipinski definition) is 1. The van der Waals surface area contributed by atoms with Gasteiger partial charge in [0, 0.05) is 0 Å². The summed E-state index contributed by atoms with van der Waals surface area (Å²) in [5.74, 6) is 0. The van der Waals surface area contributed by atoms with E-state index < -0.39 is 27.8 Å². The summed E-state index contributed by atoms with van der Waals surface area (Å²) in [6.07, 6.45) is -2.20. The third-order valence-electron chi connectivity index (χ3n) is 1.44. The molecule has 5 nitrogen and oxygen atoms in total. The monoisotopic (exact) mass is 223 g/mol. The van der Waals surface area contributed by atoms with Gasteiger partial charge >= 0.3 is 5.69 Å². The van der Waals surface area contributed by atoms with Crippen molar-refractivity contribution in [1.29, 1.82) is 0 Å². The lowest BCUT2D eigenvalue weighted by Gasteiger charge is -2.03. The van der Waals surface area contributed by atoms with E-state index in [1.807, 2.05) is 0 Å². The number of rotatable bonds is 2. The van der Waals surface area contributed by atoms with E-state index in [-0.39, 0.29) is 5.69 Å². The predicted molar refractivity (Wildman–Crippen MR) is 45.3 cm³/mol. The zero-order chi connectivity index (χ0) is 10.9. The Bertz CT molecular complexity index is 386. The Morgan fingerprint density at radius 1 is 1.64 bits per heavy atom. The molecule has 0 spiro atoms. The van der Waals surface area contributed by atoms with Crippen LogP contribution in [-0.2, 0) is 0 Å². The van der Waals surface area contributed by atoms with E-state index in [1.54, 1.807) is 0 Å². The highest BCUT2D eigenvalue weighted by molar-refractivity contribution is 6.35. The van der Waals surface area contributed by atoms with Crippen LogP contribution in [0.2, 0.25) is 5.02 Å². The van der Waals surface area contributed by atoms with Crippen molar-refractivity contribution in [3.8, 4) is 0 Å². The second-order valence-electron chi connectivity index (χ2n) is 2.32. The molecular weight excluding hydrogens is 220 g/mol. The maximum absolute atomic E-state index is 12.2. The van der Waals surface area contributed by atoms with Gasteiger partial charge in [0.15, 0.2) is 5.69 Å². The smallest absolute Gasteiger partial charge is 0.317 e. The second-order valence-corrected chi connectivity index (χ2v) is 2.70. The zero-order valence-corrected chi connectivity index (χ0v) is 7.33. The van der Waals surface area contributed by atoms with Crippen molar-refractivity contribution in [1.82, 2.24) is 4.98 Å². The van der Waals surface area contributed by atoms with Crippen LogP contribution in [0.3, 0.4) is 0 Å². The number of hydrogen-bond acceptors (Lipinski definition) is 4. The number of aromatic nitrogens is 1. The maximum Gasteiger partial charge on any atom is 0.317 e. The largest absolute Gasteiger partial charge is 0.396 e. The molecule has 0 radical (unpaired) electrons. The van der Waals surface area contributed by atoms with Crippen LogP contribution < -0.4 is 5.73 Å². The van der Waals surface area contributed by atoms with Crippen LogP contribution in [0.1, 0.15) is 12.1 Å². The lowest BCUT2D eigenvalue weighted by Crippen LogP contribution is -2.02. The van der Waals surface area contributed by atoms with E-state index in [1.165, 1.54) is 0 Å². The van der Waals surface area contributed by atoms with Crippen molar-refractivity contribution in [3.63, 3.8) is 0 Å². The van der Waals surface area contributed by atoms with Crippen molar-refractivity contribution in [3.05, 3.63) is 27.0 Å². The molecule has 1 aromatic rings. The Labute approximate surface area is 81.6 Å². The van der Waals surface area contributed by atoms with Crippen LogP contribution in [0.5, 0.6) is 0 Å². The first-order valence-corrected chi connectivity index (χ1v) is 3.69. The number of pyridine rings is 1. The van der Waals surface area contributed by atoms with Crippen LogP contribution in [0.4, 0.5) is 20.2 Å². The lowest BCUT2D eigenvalue weighted by atomic mass is 10.3. The summed E-state index contributed by atoms with van der Waals surface area (Å²) in [4.78, 5) is 12.5. The van der Waals surface area contributed by atoms with Crippen molar-refractivity contribution in [2.45, 2.75) is 6.43 Å². The van der Waals surface area contributed by atoms with Gasteiger partial charge in [-0.25, -0.2) is 13.8 Å². The SMILES string of the molecule is Nc1cnc(C(F)F)c([N+](=O)[O-])c1Cl. The second kappa shape index (κ2) is 3.70. The Hall–Kier alpha value is -1.50. The van der Waals surface area contributed by atoms with Gasteiger partial charge in [-0.2, -0.15) is 0 Å². The first-order valence-electron chi connectivity index (χ1n) is 3.31. The fraction of sp³-hybridized carbons (Fsp3) is 0.167.